The molecule has 1 aliphatic rings. The van der Waals surface area contributed by atoms with Crippen LogP contribution >= 0.6 is 11.6 Å². The minimum absolute atomic E-state index is 0.0427. The van der Waals surface area contributed by atoms with Crippen LogP contribution in [0.2, 0.25) is 5.15 Å². The van der Waals surface area contributed by atoms with Crippen LogP contribution in [0.4, 0.5) is 5.82 Å². The van der Waals surface area contributed by atoms with Crippen molar-refractivity contribution in [3.63, 3.8) is 0 Å². The Morgan fingerprint density at radius 1 is 1.31 bits per heavy atom. The summed E-state index contributed by atoms with van der Waals surface area (Å²) in [6.07, 6.45) is 2.59. The van der Waals surface area contributed by atoms with Gasteiger partial charge in [0.25, 0.3) is 0 Å². The molecule has 0 spiro atoms. The van der Waals surface area contributed by atoms with E-state index in [1.54, 1.807) is 13.2 Å². The molecule has 6 nitrogen and oxygen atoms in total. The third-order valence-electron chi connectivity index (χ3n) is 4.62. The van der Waals surface area contributed by atoms with Crippen LogP contribution in [0.3, 0.4) is 0 Å². The summed E-state index contributed by atoms with van der Waals surface area (Å²) < 4.78 is 5.35. The van der Waals surface area contributed by atoms with Gasteiger partial charge in [-0.3, -0.25) is 4.79 Å². The van der Waals surface area contributed by atoms with E-state index >= 15 is 0 Å². The fourth-order valence-corrected chi connectivity index (χ4v) is 3.35. The Balaban J connectivity index is 1.52. The van der Waals surface area contributed by atoms with Gasteiger partial charge in [0.1, 0.15) is 5.75 Å². The number of hydrogen-bond donors (Lipinski definition) is 1. The molecule has 1 aromatic carbocycles. The van der Waals surface area contributed by atoms with Crippen molar-refractivity contribution in [3.05, 3.63) is 47.1 Å². The minimum atomic E-state index is -0.0427. The molecule has 1 aromatic heterocycles. The van der Waals surface area contributed by atoms with Gasteiger partial charge in [-0.1, -0.05) is 29.8 Å². The highest BCUT2D eigenvalue weighted by Gasteiger charge is 2.26. The van der Waals surface area contributed by atoms with Crippen LogP contribution in [-0.4, -0.2) is 42.8 Å². The van der Waals surface area contributed by atoms with E-state index in [1.807, 2.05) is 30.3 Å². The Bertz CT molecular complexity index is 739. The van der Waals surface area contributed by atoms with Crippen molar-refractivity contribution in [2.24, 2.45) is 5.92 Å². The zero-order chi connectivity index (χ0) is 18.4. The zero-order valence-electron chi connectivity index (χ0n) is 14.8. The number of carbonyl (C=O) groups excluding carboxylic acids is 1. The number of nitrogens with one attached hydrogen (secondary N) is 1. The molecule has 138 valence electrons. The van der Waals surface area contributed by atoms with Crippen LogP contribution in [0, 0.1) is 5.92 Å². The summed E-state index contributed by atoms with van der Waals surface area (Å²) in [7, 11) is 1.66. The number of benzene rings is 1. The molecule has 7 heteroatoms. The molecule has 0 unspecified atom stereocenters. The molecule has 3 rings (SSSR count). The van der Waals surface area contributed by atoms with Crippen molar-refractivity contribution in [1.29, 1.82) is 0 Å². The number of nitrogens with zero attached hydrogens (tertiary/aromatic N) is 3. The highest BCUT2D eigenvalue weighted by atomic mass is 35.5. The summed E-state index contributed by atoms with van der Waals surface area (Å²) in [4.78, 5) is 14.6. The average Bonchev–Trinajstić information content (AvgIpc) is 2.69. The molecule has 1 amide bonds. The Kier molecular flexibility index (Phi) is 6.28. The topological polar surface area (TPSA) is 67.3 Å². The average molecular weight is 375 g/mol. The lowest BCUT2D eigenvalue weighted by Gasteiger charge is -2.32. The monoisotopic (exact) mass is 374 g/mol. The SMILES string of the molecule is COc1ccccc1CCNC(=O)[C@@H]1CCCN(c2ccc(Cl)nn2)C1. The molecule has 1 N–H and O–H groups in total. The maximum Gasteiger partial charge on any atom is 0.224 e. The lowest BCUT2D eigenvalue weighted by molar-refractivity contribution is -0.125. The first-order valence-electron chi connectivity index (χ1n) is 8.81. The van der Waals surface area contributed by atoms with Crippen molar-refractivity contribution in [3.8, 4) is 5.75 Å². The van der Waals surface area contributed by atoms with Crippen LogP contribution < -0.4 is 15.0 Å². The molecule has 1 fully saturated rings. The molecular formula is C19H23ClN4O2. The molecular weight excluding hydrogens is 352 g/mol. The van der Waals surface area contributed by atoms with Crippen molar-refractivity contribution in [2.75, 3.05) is 31.6 Å². The fraction of sp³-hybridized carbons (Fsp3) is 0.421. The van der Waals surface area contributed by atoms with Gasteiger partial charge in [0.15, 0.2) is 11.0 Å². The van der Waals surface area contributed by atoms with Crippen molar-refractivity contribution >= 4 is 23.3 Å². The largest absolute Gasteiger partial charge is 0.496 e. The molecule has 1 aliphatic heterocycles. The van der Waals surface area contributed by atoms with Crippen LogP contribution in [0.5, 0.6) is 5.75 Å². The number of aromatic nitrogens is 2. The third-order valence-corrected chi connectivity index (χ3v) is 4.82. The number of para-hydroxylation sites is 1. The second-order valence-electron chi connectivity index (χ2n) is 6.35. The standard InChI is InChI=1S/C19H23ClN4O2/c1-26-16-7-3-2-5-14(16)10-11-21-19(25)15-6-4-12-24(13-15)18-9-8-17(20)22-23-18/h2-3,5,7-9,15H,4,6,10-13H2,1H3,(H,21,25)/t15-/m1/s1. The Morgan fingerprint density at radius 3 is 2.92 bits per heavy atom. The predicted octanol–water partition coefficient (Wildman–Crippen LogP) is 2.71. The van der Waals surface area contributed by atoms with E-state index in [4.69, 9.17) is 16.3 Å². The van der Waals surface area contributed by atoms with Gasteiger partial charge < -0.3 is 15.0 Å². The molecule has 0 saturated carbocycles. The first-order valence-corrected chi connectivity index (χ1v) is 9.19. The van der Waals surface area contributed by atoms with E-state index in [-0.39, 0.29) is 11.8 Å². The number of piperidine rings is 1. The number of carbonyl (C=O) groups is 1. The summed E-state index contributed by atoms with van der Waals surface area (Å²) in [5, 5.41) is 11.4. The van der Waals surface area contributed by atoms with Crippen LogP contribution in [0.15, 0.2) is 36.4 Å². The van der Waals surface area contributed by atoms with Crippen LogP contribution in [0.1, 0.15) is 18.4 Å². The molecule has 0 bridgehead atoms. The molecule has 2 heterocycles. The van der Waals surface area contributed by atoms with E-state index < -0.39 is 0 Å². The van der Waals surface area contributed by atoms with E-state index in [0.29, 0.717) is 18.2 Å². The normalized spacial score (nSPS) is 17.0. The van der Waals surface area contributed by atoms with E-state index in [0.717, 1.165) is 42.9 Å². The second-order valence-corrected chi connectivity index (χ2v) is 6.74. The van der Waals surface area contributed by atoms with Gasteiger partial charge in [-0.2, -0.15) is 0 Å². The lowest BCUT2D eigenvalue weighted by atomic mass is 9.97. The highest BCUT2D eigenvalue weighted by Crippen LogP contribution is 2.22. The van der Waals surface area contributed by atoms with Gasteiger partial charge in [0.2, 0.25) is 5.91 Å². The van der Waals surface area contributed by atoms with Gasteiger partial charge in [0, 0.05) is 19.6 Å². The van der Waals surface area contributed by atoms with Crippen molar-refractivity contribution in [2.45, 2.75) is 19.3 Å². The first kappa shape index (κ1) is 18.5. The number of halogens is 1. The molecule has 26 heavy (non-hydrogen) atoms. The molecule has 1 saturated heterocycles. The molecule has 0 aliphatic carbocycles. The maximum absolute atomic E-state index is 12.5. The summed E-state index contributed by atoms with van der Waals surface area (Å²) in [6.45, 7) is 2.12. The van der Waals surface area contributed by atoms with Gasteiger partial charge in [-0.25, -0.2) is 0 Å². The van der Waals surface area contributed by atoms with E-state index in [9.17, 15) is 4.79 Å². The lowest BCUT2D eigenvalue weighted by Crippen LogP contribution is -2.43. The van der Waals surface area contributed by atoms with Crippen molar-refractivity contribution in [1.82, 2.24) is 15.5 Å². The summed E-state index contributed by atoms with van der Waals surface area (Å²) in [5.41, 5.74) is 1.09. The smallest absolute Gasteiger partial charge is 0.224 e. The Morgan fingerprint density at radius 2 is 2.15 bits per heavy atom. The summed E-state index contributed by atoms with van der Waals surface area (Å²) in [5.74, 6) is 1.67. The molecule has 1 atom stereocenters. The Hall–Kier alpha value is -2.34. The molecule has 2 aromatic rings. The maximum atomic E-state index is 12.5. The van der Waals surface area contributed by atoms with Crippen LogP contribution in [-0.2, 0) is 11.2 Å². The van der Waals surface area contributed by atoms with Gasteiger partial charge >= 0.3 is 0 Å². The van der Waals surface area contributed by atoms with Crippen molar-refractivity contribution < 1.29 is 9.53 Å². The second kappa shape index (κ2) is 8.85. The third kappa shape index (κ3) is 4.64. The Labute approximate surface area is 158 Å². The number of methoxy groups -OCH3 is 1. The zero-order valence-corrected chi connectivity index (χ0v) is 15.6. The summed E-state index contributed by atoms with van der Waals surface area (Å²) >= 11 is 5.79. The minimum Gasteiger partial charge on any atom is -0.496 e. The number of anilines is 1. The fourth-order valence-electron chi connectivity index (χ4n) is 3.25. The summed E-state index contributed by atoms with van der Waals surface area (Å²) in [6, 6.07) is 11.4. The molecule has 0 radical (unpaired) electrons. The van der Waals surface area contributed by atoms with Gasteiger partial charge in [0.05, 0.1) is 13.0 Å². The quantitative estimate of drug-likeness (QED) is 0.842. The number of ether oxygens (including phenoxy) is 1. The van der Waals surface area contributed by atoms with Gasteiger partial charge in [-0.05, 0) is 43.0 Å². The predicted molar refractivity (Wildman–Crippen MR) is 102 cm³/mol. The first-order chi connectivity index (χ1) is 12.7. The highest BCUT2D eigenvalue weighted by molar-refractivity contribution is 6.29. The van der Waals surface area contributed by atoms with E-state index in [1.165, 1.54) is 0 Å². The van der Waals surface area contributed by atoms with E-state index in [2.05, 4.69) is 20.4 Å². The number of amides is 1. The van der Waals surface area contributed by atoms with Gasteiger partial charge in [-0.15, -0.1) is 10.2 Å². The number of rotatable bonds is 6. The number of hydrogen-bond acceptors (Lipinski definition) is 5. The van der Waals surface area contributed by atoms with Crippen LogP contribution in [0.25, 0.3) is 0 Å².